The Morgan fingerprint density at radius 2 is 2.00 bits per heavy atom. The monoisotopic (exact) mass is 399 g/mol. The van der Waals surface area contributed by atoms with Gasteiger partial charge in [0.15, 0.2) is 5.65 Å². The Kier molecular flexibility index (Phi) is 5.15. The van der Waals surface area contributed by atoms with Crippen LogP contribution in [0.2, 0.25) is 0 Å². The number of hydrogen-bond donors (Lipinski definition) is 0. The molecule has 0 amide bonds. The minimum atomic E-state index is 0.431. The maximum absolute atomic E-state index is 5.47. The van der Waals surface area contributed by atoms with E-state index in [1.807, 2.05) is 22.8 Å². The lowest BCUT2D eigenvalue weighted by atomic mass is 9.94. The van der Waals surface area contributed by atoms with Gasteiger partial charge in [-0.3, -0.25) is 9.88 Å². The molecule has 1 atom stereocenters. The van der Waals surface area contributed by atoms with Crippen molar-refractivity contribution >= 4 is 5.65 Å². The molecule has 1 aliphatic rings. The third kappa shape index (κ3) is 3.66. The lowest BCUT2D eigenvalue weighted by Crippen LogP contribution is -2.34. The highest BCUT2D eigenvalue weighted by molar-refractivity contribution is 5.69. The van der Waals surface area contributed by atoms with Crippen LogP contribution in [-0.2, 0) is 6.54 Å². The van der Waals surface area contributed by atoms with Crippen LogP contribution >= 0.6 is 0 Å². The molecule has 6 nitrogen and oxygen atoms in total. The van der Waals surface area contributed by atoms with E-state index in [1.165, 1.54) is 17.7 Å². The average molecular weight is 399 g/mol. The lowest BCUT2D eigenvalue weighted by molar-refractivity contribution is 0.197. The first-order valence-corrected chi connectivity index (χ1v) is 10.4. The van der Waals surface area contributed by atoms with E-state index >= 15 is 0 Å². The van der Waals surface area contributed by atoms with Gasteiger partial charge in [-0.1, -0.05) is 30.3 Å². The number of likely N-dealkylation sites (tertiary alicyclic amines) is 1. The quantitative estimate of drug-likeness (QED) is 0.504. The normalized spacial score (nSPS) is 17.3. The number of ether oxygens (including phenoxy) is 1. The van der Waals surface area contributed by atoms with E-state index < -0.39 is 0 Å². The van der Waals surface area contributed by atoms with Gasteiger partial charge in [0.05, 0.1) is 24.7 Å². The van der Waals surface area contributed by atoms with Crippen LogP contribution in [0.15, 0.2) is 67.1 Å². The number of methoxy groups -OCH3 is 1. The van der Waals surface area contributed by atoms with Gasteiger partial charge in [-0.2, -0.15) is 5.10 Å². The van der Waals surface area contributed by atoms with Crippen LogP contribution in [-0.4, -0.2) is 44.7 Å². The zero-order valence-corrected chi connectivity index (χ0v) is 17.1. The van der Waals surface area contributed by atoms with Crippen LogP contribution in [0.25, 0.3) is 16.9 Å². The first-order valence-electron chi connectivity index (χ1n) is 10.4. The van der Waals surface area contributed by atoms with Crippen LogP contribution in [0.4, 0.5) is 0 Å². The summed E-state index contributed by atoms with van der Waals surface area (Å²) in [4.78, 5) is 11.3. The van der Waals surface area contributed by atoms with Crippen molar-refractivity contribution in [3.8, 4) is 17.0 Å². The molecule has 0 spiro atoms. The second kappa shape index (κ2) is 8.24. The van der Waals surface area contributed by atoms with Gasteiger partial charge in [-0.05, 0) is 37.1 Å². The Labute approximate surface area is 176 Å². The third-order valence-electron chi connectivity index (χ3n) is 5.84. The highest BCUT2D eigenvalue weighted by Gasteiger charge is 2.24. The van der Waals surface area contributed by atoms with Crippen molar-refractivity contribution in [1.29, 1.82) is 0 Å². The van der Waals surface area contributed by atoms with Crippen molar-refractivity contribution in [2.45, 2.75) is 25.3 Å². The van der Waals surface area contributed by atoms with Crippen molar-refractivity contribution in [2.75, 3.05) is 20.2 Å². The summed E-state index contributed by atoms with van der Waals surface area (Å²) in [7, 11) is 1.66. The Morgan fingerprint density at radius 1 is 1.10 bits per heavy atom. The molecule has 152 valence electrons. The van der Waals surface area contributed by atoms with Gasteiger partial charge < -0.3 is 4.74 Å². The van der Waals surface area contributed by atoms with Gasteiger partial charge in [0.25, 0.3) is 0 Å². The Bertz CT molecular complexity index is 1140. The summed E-state index contributed by atoms with van der Waals surface area (Å²) < 4.78 is 7.48. The molecule has 1 aliphatic heterocycles. The summed E-state index contributed by atoms with van der Waals surface area (Å²) in [5, 5.41) is 4.90. The molecule has 4 heterocycles. The molecule has 5 rings (SSSR count). The van der Waals surface area contributed by atoms with Gasteiger partial charge in [0.1, 0.15) is 5.75 Å². The van der Waals surface area contributed by atoms with E-state index in [9.17, 15) is 0 Å². The number of nitrogens with zero attached hydrogens (tertiary/aromatic N) is 5. The summed E-state index contributed by atoms with van der Waals surface area (Å²) >= 11 is 0. The molecule has 3 aromatic heterocycles. The zero-order chi connectivity index (χ0) is 20.3. The highest BCUT2D eigenvalue weighted by atomic mass is 16.5. The molecule has 0 radical (unpaired) electrons. The molecule has 6 heteroatoms. The summed E-state index contributed by atoms with van der Waals surface area (Å²) in [5.41, 5.74) is 5.23. The van der Waals surface area contributed by atoms with E-state index in [4.69, 9.17) is 9.84 Å². The number of benzene rings is 1. The molecular formula is C24H25N5O. The van der Waals surface area contributed by atoms with Crippen molar-refractivity contribution in [1.82, 2.24) is 24.5 Å². The van der Waals surface area contributed by atoms with Gasteiger partial charge in [0, 0.05) is 43.0 Å². The van der Waals surface area contributed by atoms with Crippen LogP contribution in [0, 0.1) is 0 Å². The fraction of sp³-hybridized carbons (Fsp3) is 0.292. The fourth-order valence-electron chi connectivity index (χ4n) is 4.39. The number of rotatable bonds is 5. The van der Waals surface area contributed by atoms with Crippen LogP contribution < -0.4 is 4.74 Å². The molecule has 0 N–H and O–H groups in total. The van der Waals surface area contributed by atoms with Gasteiger partial charge in [0.2, 0.25) is 0 Å². The molecule has 1 aromatic carbocycles. The van der Waals surface area contributed by atoms with Gasteiger partial charge in [-0.15, -0.1) is 0 Å². The summed E-state index contributed by atoms with van der Waals surface area (Å²) in [5.74, 6) is 1.15. The molecule has 30 heavy (non-hydrogen) atoms. The Balaban J connectivity index is 1.45. The molecule has 1 unspecified atom stereocenters. The van der Waals surface area contributed by atoms with Crippen molar-refractivity contribution in [3.05, 3.63) is 78.4 Å². The second-order valence-electron chi connectivity index (χ2n) is 7.81. The van der Waals surface area contributed by atoms with Crippen LogP contribution in [0.1, 0.15) is 30.0 Å². The summed E-state index contributed by atoms with van der Waals surface area (Å²) in [6, 6.07) is 16.8. The minimum absolute atomic E-state index is 0.431. The van der Waals surface area contributed by atoms with E-state index in [0.717, 1.165) is 43.0 Å². The highest BCUT2D eigenvalue weighted by Crippen LogP contribution is 2.31. The molecule has 4 aromatic rings. The predicted octanol–water partition coefficient (Wildman–Crippen LogP) is 4.18. The maximum Gasteiger partial charge on any atom is 0.155 e. The zero-order valence-electron chi connectivity index (χ0n) is 17.1. The van der Waals surface area contributed by atoms with Gasteiger partial charge in [-0.25, -0.2) is 9.50 Å². The van der Waals surface area contributed by atoms with Crippen LogP contribution in [0.5, 0.6) is 5.75 Å². The first kappa shape index (κ1) is 18.8. The molecule has 0 bridgehead atoms. The number of piperidine rings is 1. The predicted molar refractivity (Wildman–Crippen MR) is 116 cm³/mol. The molecular weight excluding hydrogens is 374 g/mol. The van der Waals surface area contributed by atoms with Crippen molar-refractivity contribution in [3.63, 3.8) is 0 Å². The minimum Gasteiger partial charge on any atom is -0.494 e. The molecule has 0 aliphatic carbocycles. The van der Waals surface area contributed by atoms with E-state index in [1.54, 1.807) is 19.5 Å². The first-order chi connectivity index (χ1) is 14.8. The number of pyridine rings is 1. The Morgan fingerprint density at radius 3 is 2.87 bits per heavy atom. The molecule has 1 saturated heterocycles. The van der Waals surface area contributed by atoms with E-state index in [2.05, 4.69) is 51.3 Å². The second-order valence-corrected chi connectivity index (χ2v) is 7.81. The standard InChI is InChI=1S/C24H25N5O/c1-30-23-15-25-11-9-20(23)21-14-24-26-12-10-22(29(24)27-21)19-8-5-13-28(17-19)16-18-6-3-2-4-7-18/h2-4,6-7,9-12,14-15,19H,5,8,13,16-17H2,1H3. The number of fused-ring (bicyclic) bond motifs is 1. The SMILES string of the molecule is COc1cnccc1-c1cc2nccc(C3CCCN(Cc4ccccc4)C3)n2n1. The molecule has 0 saturated carbocycles. The molecule has 1 fully saturated rings. The largest absolute Gasteiger partial charge is 0.494 e. The maximum atomic E-state index is 5.47. The van der Waals surface area contributed by atoms with E-state index in [0.29, 0.717) is 11.7 Å². The van der Waals surface area contributed by atoms with Crippen molar-refractivity contribution in [2.24, 2.45) is 0 Å². The number of aromatic nitrogens is 4. The summed E-state index contributed by atoms with van der Waals surface area (Å²) in [6.45, 7) is 3.16. The average Bonchev–Trinajstić information content (AvgIpc) is 3.24. The lowest BCUT2D eigenvalue weighted by Gasteiger charge is -2.33. The van der Waals surface area contributed by atoms with Gasteiger partial charge >= 0.3 is 0 Å². The summed E-state index contributed by atoms with van der Waals surface area (Å²) in [6.07, 6.45) is 7.73. The van der Waals surface area contributed by atoms with Crippen LogP contribution in [0.3, 0.4) is 0 Å². The Hall–Kier alpha value is -3.25. The smallest absolute Gasteiger partial charge is 0.155 e. The van der Waals surface area contributed by atoms with E-state index in [-0.39, 0.29) is 0 Å². The van der Waals surface area contributed by atoms with Crippen molar-refractivity contribution < 1.29 is 4.74 Å². The fourth-order valence-corrected chi connectivity index (χ4v) is 4.39. The number of hydrogen-bond acceptors (Lipinski definition) is 5. The topological polar surface area (TPSA) is 55.6 Å². The third-order valence-corrected chi connectivity index (χ3v) is 5.84.